The molecule has 1 unspecified atom stereocenters. The molecular formula is C9H17NO3. The molecule has 2 atom stereocenters. The van der Waals surface area contributed by atoms with Gasteiger partial charge in [-0.2, -0.15) is 0 Å². The molecular weight excluding hydrogens is 170 g/mol. The molecule has 0 bridgehead atoms. The van der Waals surface area contributed by atoms with E-state index in [-0.39, 0.29) is 24.5 Å². The Morgan fingerprint density at radius 2 is 2.54 bits per heavy atom. The Hall–Kier alpha value is -0.610. The van der Waals surface area contributed by atoms with E-state index in [2.05, 4.69) is 0 Å². The van der Waals surface area contributed by atoms with E-state index in [0.29, 0.717) is 6.61 Å². The second-order valence-corrected chi connectivity index (χ2v) is 3.22. The predicted molar refractivity (Wildman–Crippen MR) is 48.2 cm³/mol. The van der Waals surface area contributed by atoms with E-state index < -0.39 is 0 Å². The van der Waals surface area contributed by atoms with Gasteiger partial charge in [-0.05, 0) is 19.8 Å². The Kier molecular flexibility index (Phi) is 4.18. The van der Waals surface area contributed by atoms with E-state index in [1.807, 2.05) is 0 Å². The summed E-state index contributed by atoms with van der Waals surface area (Å²) < 4.78 is 10.2. The third-order valence-electron chi connectivity index (χ3n) is 2.15. The van der Waals surface area contributed by atoms with Crippen molar-refractivity contribution in [1.29, 1.82) is 0 Å². The number of hydrogen-bond donors (Lipinski definition) is 1. The van der Waals surface area contributed by atoms with E-state index >= 15 is 0 Å². The lowest BCUT2D eigenvalue weighted by atomic mass is 10.1. The second kappa shape index (κ2) is 5.19. The van der Waals surface area contributed by atoms with Crippen molar-refractivity contribution >= 4 is 5.97 Å². The summed E-state index contributed by atoms with van der Waals surface area (Å²) in [6.45, 7) is 2.97. The summed E-state index contributed by atoms with van der Waals surface area (Å²) in [6, 6.07) is -0.207. The highest BCUT2D eigenvalue weighted by molar-refractivity contribution is 5.70. The Morgan fingerprint density at radius 1 is 1.77 bits per heavy atom. The summed E-state index contributed by atoms with van der Waals surface area (Å²) in [7, 11) is 0. The predicted octanol–water partition coefficient (Wildman–Crippen LogP) is 0.446. The molecule has 1 rings (SSSR count). The highest BCUT2D eigenvalue weighted by Crippen LogP contribution is 2.16. The van der Waals surface area contributed by atoms with Crippen LogP contribution in [0.4, 0.5) is 0 Å². The molecule has 0 aliphatic carbocycles. The molecule has 0 amide bonds. The van der Waals surface area contributed by atoms with Crippen molar-refractivity contribution in [2.45, 2.75) is 38.3 Å². The smallest absolute Gasteiger partial charge is 0.307 e. The maximum absolute atomic E-state index is 11.1. The van der Waals surface area contributed by atoms with Crippen molar-refractivity contribution in [3.8, 4) is 0 Å². The van der Waals surface area contributed by atoms with Crippen molar-refractivity contribution in [2.75, 3.05) is 13.2 Å². The minimum absolute atomic E-state index is 0.0457. The van der Waals surface area contributed by atoms with Gasteiger partial charge in [0.15, 0.2) is 0 Å². The fraction of sp³-hybridized carbons (Fsp3) is 0.889. The third kappa shape index (κ3) is 3.32. The fourth-order valence-electron chi connectivity index (χ4n) is 1.48. The van der Waals surface area contributed by atoms with Gasteiger partial charge in [0.2, 0.25) is 0 Å². The van der Waals surface area contributed by atoms with Gasteiger partial charge in [0, 0.05) is 12.6 Å². The van der Waals surface area contributed by atoms with Crippen LogP contribution in [0.2, 0.25) is 0 Å². The first-order valence-electron chi connectivity index (χ1n) is 4.77. The molecule has 0 spiro atoms. The monoisotopic (exact) mass is 187 g/mol. The average Bonchev–Trinajstić information content (AvgIpc) is 2.55. The van der Waals surface area contributed by atoms with Crippen LogP contribution in [-0.2, 0) is 14.3 Å². The minimum Gasteiger partial charge on any atom is -0.466 e. The van der Waals surface area contributed by atoms with Gasteiger partial charge in [0.1, 0.15) is 0 Å². The lowest BCUT2D eigenvalue weighted by Crippen LogP contribution is -2.36. The van der Waals surface area contributed by atoms with E-state index in [0.717, 1.165) is 19.4 Å². The highest BCUT2D eigenvalue weighted by atomic mass is 16.5. The van der Waals surface area contributed by atoms with Gasteiger partial charge in [-0.25, -0.2) is 0 Å². The van der Waals surface area contributed by atoms with Gasteiger partial charge in [-0.3, -0.25) is 4.79 Å². The summed E-state index contributed by atoms with van der Waals surface area (Å²) in [5, 5.41) is 0. The van der Waals surface area contributed by atoms with Crippen molar-refractivity contribution in [3.05, 3.63) is 0 Å². The zero-order valence-corrected chi connectivity index (χ0v) is 7.99. The van der Waals surface area contributed by atoms with Crippen molar-refractivity contribution in [1.82, 2.24) is 0 Å². The quantitative estimate of drug-likeness (QED) is 0.649. The highest BCUT2D eigenvalue weighted by Gasteiger charge is 2.24. The Labute approximate surface area is 78.4 Å². The molecule has 0 aromatic rings. The number of carbonyl (C=O) groups excluding carboxylic acids is 1. The number of nitrogens with two attached hydrogens (primary N) is 1. The molecule has 1 saturated heterocycles. The van der Waals surface area contributed by atoms with E-state index in [9.17, 15) is 4.79 Å². The van der Waals surface area contributed by atoms with Crippen LogP contribution in [0.5, 0.6) is 0 Å². The first kappa shape index (κ1) is 10.5. The molecule has 1 aliphatic rings. The molecule has 2 N–H and O–H groups in total. The van der Waals surface area contributed by atoms with Gasteiger partial charge in [-0.1, -0.05) is 0 Å². The SMILES string of the molecule is CCOC(=O)C[C@H](N)C1CCCO1. The molecule has 1 aliphatic heterocycles. The molecule has 1 heterocycles. The molecule has 1 fully saturated rings. The summed E-state index contributed by atoms with van der Waals surface area (Å²) in [6.07, 6.45) is 2.31. The number of carbonyl (C=O) groups is 1. The maximum atomic E-state index is 11.1. The average molecular weight is 187 g/mol. The minimum atomic E-state index is -0.231. The van der Waals surface area contributed by atoms with Crippen LogP contribution in [-0.4, -0.2) is 31.3 Å². The molecule has 4 heteroatoms. The van der Waals surface area contributed by atoms with Gasteiger partial charge in [0.25, 0.3) is 0 Å². The maximum Gasteiger partial charge on any atom is 0.307 e. The van der Waals surface area contributed by atoms with E-state index in [4.69, 9.17) is 15.2 Å². The zero-order valence-electron chi connectivity index (χ0n) is 7.99. The van der Waals surface area contributed by atoms with Crippen molar-refractivity contribution < 1.29 is 14.3 Å². The first-order chi connectivity index (χ1) is 6.24. The molecule has 76 valence electrons. The molecule has 4 nitrogen and oxygen atoms in total. The van der Waals surface area contributed by atoms with Crippen LogP contribution >= 0.6 is 0 Å². The van der Waals surface area contributed by atoms with Gasteiger partial charge >= 0.3 is 5.97 Å². The van der Waals surface area contributed by atoms with E-state index in [1.54, 1.807) is 6.92 Å². The lowest BCUT2D eigenvalue weighted by Gasteiger charge is -2.17. The van der Waals surface area contributed by atoms with Crippen LogP contribution in [0.25, 0.3) is 0 Å². The zero-order chi connectivity index (χ0) is 9.68. The lowest BCUT2D eigenvalue weighted by molar-refractivity contribution is -0.144. The van der Waals surface area contributed by atoms with Crippen molar-refractivity contribution in [3.63, 3.8) is 0 Å². The standard InChI is InChI=1S/C9H17NO3/c1-2-12-9(11)6-7(10)8-4-3-5-13-8/h7-8H,2-6,10H2,1H3/t7-,8?/m0/s1. The number of hydrogen-bond acceptors (Lipinski definition) is 4. The van der Waals surface area contributed by atoms with Gasteiger partial charge in [-0.15, -0.1) is 0 Å². The van der Waals surface area contributed by atoms with Crippen molar-refractivity contribution in [2.24, 2.45) is 5.73 Å². The fourth-order valence-corrected chi connectivity index (χ4v) is 1.48. The molecule has 0 aromatic heterocycles. The number of rotatable bonds is 4. The summed E-state index contributed by atoms with van der Waals surface area (Å²) in [4.78, 5) is 11.1. The number of ether oxygens (including phenoxy) is 2. The first-order valence-corrected chi connectivity index (χ1v) is 4.77. The molecule has 0 radical (unpaired) electrons. The van der Waals surface area contributed by atoms with Gasteiger partial charge in [0.05, 0.1) is 19.1 Å². The summed E-state index contributed by atoms with van der Waals surface area (Å²) in [5.41, 5.74) is 5.78. The summed E-state index contributed by atoms with van der Waals surface area (Å²) in [5.74, 6) is -0.231. The Bertz CT molecular complexity index is 166. The molecule has 13 heavy (non-hydrogen) atoms. The Morgan fingerprint density at radius 3 is 3.08 bits per heavy atom. The second-order valence-electron chi connectivity index (χ2n) is 3.22. The van der Waals surface area contributed by atoms with E-state index in [1.165, 1.54) is 0 Å². The molecule has 0 saturated carbocycles. The summed E-state index contributed by atoms with van der Waals surface area (Å²) >= 11 is 0. The van der Waals surface area contributed by atoms with Crippen LogP contribution in [0, 0.1) is 0 Å². The molecule has 0 aromatic carbocycles. The number of esters is 1. The normalized spacial score (nSPS) is 24.3. The van der Waals surface area contributed by atoms with Crippen LogP contribution in [0.15, 0.2) is 0 Å². The van der Waals surface area contributed by atoms with Crippen LogP contribution < -0.4 is 5.73 Å². The van der Waals surface area contributed by atoms with Gasteiger partial charge < -0.3 is 15.2 Å². The Balaban J connectivity index is 2.22. The van der Waals surface area contributed by atoms with Crippen LogP contribution in [0.1, 0.15) is 26.2 Å². The third-order valence-corrected chi connectivity index (χ3v) is 2.15. The largest absolute Gasteiger partial charge is 0.466 e. The van der Waals surface area contributed by atoms with Crippen LogP contribution in [0.3, 0.4) is 0 Å². The topological polar surface area (TPSA) is 61.5 Å².